The topological polar surface area (TPSA) is 184 Å². The van der Waals surface area contributed by atoms with Crippen molar-refractivity contribution in [2.24, 2.45) is 5.73 Å². The number of unbranched alkanes of at least 4 members (excludes halogenated alkanes) is 27. The van der Waals surface area contributed by atoms with Crippen molar-refractivity contribution in [2.45, 2.75) is 257 Å². The van der Waals surface area contributed by atoms with Gasteiger partial charge < -0.3 is 29.9 Å². The minimum absolute atomic E-state index is 0.161. The van der Waals surface area contributed by atoms with Crippen LogP contribution in [-0.4, -0.2) is 72.1 Å². The average Bonchev–Trinajstić information content (AvgIpc) is 3.99. The van der Waals surface area contributed by atoms with E-state index in [-0.39, 0.29) is 19.4 Å². The number of carbonyl (C=O) groups is 3. The van der Waals surface area contributed by atoms with Crippen molar-refractivity contribution in [2.75, 3.05) is 19.8 Å². The molecule has 358 valence electrons. The summed E-state index contributed by atoms with van der Waals surface area (Å²) in [6.45, 7) is 2.79. The molecule has 12 nitrogen and oxygen atoms in total. The smallest absolute Gasteiger partial charge is 0.472 e. The molecule has 0 spiro atoms. The Morgan fingerprint density at radius 2 is 1.03 bits per heavy atom. The monoisotopic (exact) mass is 888 g/mol. The highest BCUT2D eigenvalue weighted by Gasteiger charge is 2.36. The lowest BCUT2D eigenvalue weighted by Gasteiger charge is -2.20. The molecule has 1 aliphatic heterocycles. The van der Waals surface area contributed by atoms with Crippen LogP contribution in [0.2, 0.25) is 0 Å². The lowest BCUT2D eigenvalue weighted by atomic mass is 10.0. The predicted molar refractivity (Wildman–Crippen MR) is 244 cm³/mol. The number of carbonyl (C=O) groups excluding carboxylic acids is 2. The van der Waals surface area contributed by atoms with Crippen LogP contribution in [0, 0.1) is 0 Å². The molecule has 1 saturated heterocycles. The molecule has 0 aromatic carbocycles. The van der Waals surface area contributed by atoms with E-state index in [0.29, 0.717) is 25.0 Å². The summed E-state index contributed by atoms with van der Waals surface area (Å²) in [6, 6.07) is -1.52. The van der Waals surface area contributed by atoms with Gasteiger partial charge in [-0.2, -0.15) is 0 Å². The molecule has 3 unspecified atom stereocenters. The second-order valence-electron chi connectivity index (χ2n) is 17.3. The molecule has 1 fully saturated rings. The number of carboxylic acid groups (broad SMARTS) is 1. The van der Waals surface area contributed by atoms with E-state index in [4.69, 9.17) is 29.6 Å². The minimum atomic E-state index is -4.72. The van der Waals surface area contributed by atoms with Crippen molar-refractivity contribution in [1.29, 1.82) is 0 Å². The van der Waals surface area contributed by atoms with Crippen LogP contribution in [0.15, 0.2) is 12.2 Å². The molecule has 4 N–H and O–H groups in total. The van der Waals surface area contributed by atoms with E-state index in [0.717, 1.165) is 64.2 Å². The zero-order valence-electron chi connectivity index (χ0n) is 38.7. The van der Waals surface area contributed by atoms with Gasteiger partial charge in [0.25, 0.3) is 0 Å². The fraction of sp³-hybridized carbons (Fsp3) is 0.896. The Hall–Kier alpha value is -1.82. The number of esters is 2. The number of aliphatic carboxylic acids is 1. The molecule has 1 aliphatic rings. The number of hydrogen-bond acceptors (Lipinski definition) is 10. The number of epoxide rings is 1. The summed E-state index contributed by atoms with van der Waals surface area (Å²) < 4.78 is 38.6. The Bertz CT molecular complexity index is 1150. The van der Waals surface area contributed by atoms with E-state index in [1.54, 1.807) is 0 Å². The summed E-state index contributed by atoms with van der Waals surface area (Å²) >= 11 is 0. The first-order valence-electron chi connectivity index (χ1n) is 24.8. The van der Waals surface area contributed by atoms with Crippen molar-refractivity contribution in [3.05, 3.63) is 12.2 Å². The summed E-state index contributed by atoms with van der Waals surface area (Å²) in [7, 11) is -4.72. The Kier molecular flexibility index (Phi) is 37.3. The first kappa shape index (κ1) is 57.2. The predicted octanol–water partition coefficient (Wildman–Crippen LogP) is 12.6. The molecule has 5 atom stereocenters. The van der Waals surface area contributed by atoms with Gasteiger partial charge in [0.15, 0.2) is 6.10 Å². The SMILES string of the molecule is CCCCC/C=C\CC1OC1CCCCCCCC(=O)OC[C@H](COP(=O)(O)OC[C@H](N)C(=O)O)OC(=O)CCCCCCCCCCCCCCCCCCCCCCC. The normalized spacial score (nSPS) is 17.0. The van der Waals surface area contributed by atoms with Crippen molar-refractivity contribution >= 4 is 25.7 Å². The van der Waals surface area contributed by atoms with Gasteiger partial charge in [0.2, 0.25) is 0 Å². The molecule has 0 aromatic heterocycles. The maximum Gasteiger partial charge on any atom is 0.472 e. The Labute approximate surface area is 371 Å². The average molecular weight is 888 g/mol. The fourth-order valence-electron chi connectivity index (χ4n) is 7.43. The zero-order chi connectivity index (χ0) is 44.7. The third kappa shape index (κ3) is 37.3. The van der Waals surface area contributed by atoms with Crippen LogP contribution in [0.1, 0.15) is 232 Å². The van der Waals surface area contributed by atoms with Crippen molar-refractivity contribution < 1.29 is 52.2 Å². The second kappa shape index (κ2) is 39.7. The maximum atomic E-state index is 12.7. The molecule has 0 radical (unpaired) electrons. The molecule has 13 heteroatoms. The van der Waals surface area contributed by atoms with Gasteiger partial charge in [-0.1, -0.05) is 193 Å². The quantitative estimate of drug-likeness (QED) is 0.0173. The highest BCUT2D eigenvalue weighted by atomic mass is 31.2. The maximum absolute atomic E-state index is 12.7. The second-order valence-corrected chi connectivity index (χ2v) is 18.8. The van der Waals surface area contributed by atoms with Gasteiger partial charge in [0.1, 0.15) is 12.6 Å². The van der Waals surface area contributed by atoms with E-state index in [2.05, 4.69) is 30.5 Å². The third-order valence-electron chi connectivity index (χ3n) is 11.4. The lowest BCUT2D eigenvalue weighted by Crippen LogP contribution is -2.34. The number of nitrogens with two attached hydrogens (primary N) is 1. The zero-order valence-corrected chi connectivity index (χ0v) is 39.6. The molecule has 0 bridgehead atoms. The first-order chi connectivity index (χ1) is 29.6. The van der Waals surface area contributed by atoms with Crippen molar-refractivity contribution in [1.82, 2.24) is 0 Å². The Balaban J connectivity index is 2.20. The largest absolute Gasteiger partial charge is 0.480 e. The summed E-state index contributed by atoms with van der Waals surface area (Å²) in [5.41, 5.74) is 5.35. The minimum Gasteiger partial charge on any atom is -0.480 e. The van der Waals surface area contributed by atoms with Crippen LogP contribution in [0.25, 0.3) is 0 Å². The van der Waals surface area contributed by atoms with Crippen LogP contribution in [0.3, 0.4) is 0 Å². The van der Waals surface area contributed by atoms with E-state index < -0.39 is 51.1 Å². The van der Waals surface area contributed by atoms with Crippen molar-refractivity contribution in [3.8, 4) is 0 Å². The number of carboxylic acids is 1. The highest BCUT2D eigenvalue weighted by Crippen LogP contribution is 2.43. The van der Waals surface area contributed by atoms with E-state index in [1.807, 2.05) is 0 Å². The van der Waals surface area contributed by atoms with Gasteiger partial charge in [0, 0.05) is 12.8 Å². The molecule has 0 aromatic rings. The Morgan fingerprint density at radius 1 is 0.590 bits per heavy atom. The first-order valence-corrected chi connectivity index (χ1v) is 26.3. The van der Waals surface area contributed by atoms with Crippen molar-refractivity contribution in [3.63, 3.8) is 0 Å². The molecule has 0 amide bonds. The highest BCUT2D eigenvalue weighted by molar-refractivity contribution is 7.47. The summed E-state index contributed by atoms with van der Waals surface area (Å²) in [6.07, 6.45) is 42.9. The van der Waals surface area contributed by atoms with Crippen LogP contribution in [-0.2, 0) is 42.2 Å². The number of phosphoric ester groups is 1. The van der Waals surface area contributed by atoms with Gasteiger partial charge in [-0.05, 0) is 38.5 Å². The molecule has 0 aliphatic carbocycles. The van der Waals surface area contributed by atoms with E-state index in [9.17, 15) is 23.8 Å². The number of rotatable bonds is 46. The number of ether oxygens (including phenoxy) is 3. The van der Waals surface area contributed by atoms with Gasteiger partial charge in [-0.25, -0.2) is 4.57 Å². The van der Waals surface area contributed by atoms with Crippen LogP contribution in [0.5, 0.6) is 0 Å². The molecule has 61 heavy (non-hydrogen) atoms. The molecular formula is C48H90NO11P. The van der Waals surface area contributed by atoms with E-state index in [1.165, 1.54) is 128 Å². The summed E-state index contributed by atoms with van der Waals surface area (Å²) in [4.78, 5) is 46.2. The Morgan fingerprint density at radius 3 is 1.54 bits per heavy atom. The molecular weight excluding hydrogens is 797 g/mol. The third-order valence-corrected chi connectivity index (χ3v) is 12.4. The van der Waals surface area contributed by atoms with Crippen LogP contribution < -0.4 is 5.73 Å². The van der Waals surface area contributed by atoms with Gasteiger partial charge >= 0.3 is 25.7 Å². The molecule has 1 rings (SSSR count). The molecule has 0 saturated carbocycles. The number of hydrogen-bond donors (Lipinski definition) is 3. The van der Waals surface area contributed by atoms with Crippen LogP contribution >= 0.6 is 7.82 Å². The van der Waals surface area contributed by atoms with Gasteiger partial charge in [-0.3, -0.25) is 23.4 Å². The van der Waals surface area contributed by atoms with Gasteiger partial charge in [-0.15, -0.1) is 0 Å². The fourth-order valence-corrected chi connectivity index (χ4v) is 8.20. The van der Waals surface area contributed by atoms with E-state index >= 15 is 0 Å². The standard InChI is InChI=1S/C48H90NO11P/c1-3-5-7-9-11-12-13-14-15-16-17-18-19-20-21-22-23-24-25-29-34-38-47(51)59-42(40-57-61(54,55)58-41-43(49)48(52)53)39-56-46(50)37-33-30-26-28-32-36-45-44(60-45)35-31-27-10-8-6-4-2/h27,31,42-45H,3-26,28-30,32-41,49H2,1-2H3,(H,52,53)(H,54,55)/b31-27-/t42-,43+,44?,45?/m1/s1. The summed E-state index contributed by atoms with van der Waals surface area (Å²) in [5, 5.41) is 8.92. The summed E-state index contributed by atoms with van der Waals surface area (Å²) in [5.74, 6) is -2.39. The molecule has 1 heterocycles. The number of phosphoric acid groups is 1. The lowest BCUT2D eigenvalue weighted by molar-refractivity contribution is -0.161. The number of allylic oxidation sites excluding steroid dienone is 1. The van der Waals surface area contributed by atoms with Gasteiger partial charge in [0.05, 0.1) is 25.4 Å². The van der Waals surface area contributed by atoms with Crippen LogP contribution in [0.4, 0.5) is 0 Å².